The molecular formula is C16H18N4O. The summed E-state index contributed by atoms with van der Waals surface area (Å²) < 4.78 is 5.23. The van der Waals surface area contributed by atoms with Gasteiger partial charge in [-0.1, -0.05) is 0 Å². The van der Waals surface area contributed by atoms with Gasteiger partial charge < -0.3 is 14.5 Å². The first kappa shape index (κ1) is 13.7. The van der Waals surface area contributed by atoms with Crippen LogP contribution in [-0.4, -0.2) is 50.2 Å². The first-order valence-corrected chi connectivity index (χ1v) is 7.03. The second-order valence-electron chi connectivity index (χ2n) is 5.32. The molecular weight excluding hydrogens is 264 g/mol. The number of piperazine rings is 1. The van der Waals surface area contributed by atoms with Crippen molar-refractivity contribution in [3.8, 4) is 11.8 Å². The van der Waals surface area contributed by atoms with E-state index in [-0.39, 0.29) is 0 Å². The average Bonchev–Trinajstić information content (AvgIpc) is 2.53. The second kappa shape index (κ2) is 5.58. The van der Waals surface area contributed by atoms with Crippen molar-refractivity contribution >= 4 is 16.7 Å². The second-order valence-corrected chi connectivity index (χ2v) is 5.32. The van der Waals surface area contributed by atoms with Crippen LogP contribution in [0, 0.1) is 11.3 Å². The molecule has 2 heterocycles. The lowest BCUT2D eigenvalue weighted by atomic mass is 10.1. The maximum Gasteiger partial charge on any atom is 0.147 e. The van der Waals surface area contributed by atoms with Gasteiger partial charge >= 0.3 is 0 Å². The number of ether oxygens (including phenoxy) is 1. The number of likely N-dealkylation sites (N-methyl/N-ethyl adjacent to an activating group) is 1. The zero-order valence-corrected chi connectivity index (χ0v) is 12.3. The smallest absolute Gasteiger partial charge is 0.147 e. The molecule has 5 nitrogen and oxygen atoms in total. The van der Waals surface area contributed by atoms with E-state index in [1.54, 1.807) is 7.11 Å². The number of nitrogens with zero attached hydrogens (tertiary/aromatic N) is 4. The summed E-state index contributed by atoms with van der Waals surface area (Å²) in [6.45, 7) is 3.79. The minimum Gasteiger partial charge on any atom is -0.497 e. The first-order valence-electron chi connectivity index (χ1n) is 7.03. The van der Waals surface area contributed by atoms with Crippen LogP contribution in [0.5, 0.6) is 5.75 Å². The summed E-state index contributed by atoms with van der Waals surface area (Å²) in [5.74, 6) is 1.57. The first-order chi connectivity index (χ1) is 10.2. The Morgan fingerprint density at radius 3 is 2.62 bits per heavy atom. The molecule has 1 aliphatic heterocycles. The van der Waals surface area contributed by atoms with Gasteiger partial charge in [0.1, 0.15) is 17.6 Å². The van der Waals surface area contributed by atoms with E-state index in [0.717, 1.165) is 48.6 Å². The summed E-state index contributed by atoms with van der Waals surface area (Å²) in [5, 5.41) is 10.4. The molecule has 1 aromatic heterocycles. The van der Waals surface area contributed by atoms with E-state index in [1.807, 2.05) is 24.3 Å². The standard InChI is InChI=1S/C16H18N4O/c1-19-5-7-20(8-6-19)16-13(11-17)9-12-10-14(21-2)3-4-15(12)18-16/h3-4,9-10H,5-8H2,1-2H3. The lowest BCUT2D eigenvalue weighted by Gasteiger charge is -2.33. The van der Waals surface area contributed by atoms with E-state index in [9.17, 15) is 5.26 Å². The van der Waals surface area contributed by atoms with Crippen LogP contribution in [0.4, 0.5) is 5.82 Å². The van der Waals surface area contributed by atoms with Crippen LogP contribution in [0.3, 0.4) is 0 Å². The molecule has 1 saturated heterocycles. The Bertz CT molecular complexity index is 699. The van der Waals surface area contributed by atoms with E-state index >= 15 is 0 Å². The number of methoxy groups -OCH3 is 1. The van der Waals surface area contributed by atoms with Gasteiger partial charge in [0, 0.05) is 31.6 Å². The van der Waals surface area contributed by atoms with Crippen molar-refractivity contribution in [1.82, 2.24) is 9.88 Å². The van der Waals surface area contributed by atoms with Crippen LogP contribution in [0.25, 0.3) is 10.9 Å². The zero-order chi connectivity index (χ0) is 14.8. The molecule has 5 heteroatoms. The average molecular weight is 282 g/mol. The Hall–Kier alpha value is -2.32. The summed E-state index contributed by atoms with van der Waals surface area (Å²) in [6, 6.07) is 9.93. The predicted octanol–water partition coefficient (Wildman–Crippen LogP) is 1.87. The van der Waals surface area contributed by atoms with Crippen LogP contribution >= 0.6 is 0 Å². The van der Waals surface area contributed by atoms with Gasteiger partial charge in [-0.3, -0.25) is 0 Å². The molecule has 0 atom stereocenters. The SMILES string of the molecule is COc1ccc2nc(N3CCN(C)CC3)c(C#N)cc2c1. The molecule has 0 bridgehead atoms. The fourth-order valence-electron chi connectivity index (χ4n) is 2.61. The highest BCUT2D eigenvalue weighted by Gasteiger charge is 2.19. The van der Waals surface area contributed by atoms with Crippen molar-refractivity contribution in [2.45, 2.75) is 0 Å². The summed E-state index contributed by atoms with van der Waals surface area (Å²) in [6.07, 6.45) is 0. The summed E-state index contributed by atoms with van der Waals surface area (Å²) >= 11 is 0. The lowest BCUT2D eigenvalue weighted by Crippen LogP contribution is -2.45. The molecule has 0 radical (unpaired) electrons. The Morgan fingerprint density at radius 1 is 1.19 bits per heavy atom. The molecule has 21 heavy (non-hydrogen) atoms. The van der Waals surface area contributed by atoms with E-state index in [4.69, 9.17) is 9.72 Å². The normalized spacial score (nSPS) is 16.0. The highest BCUT2D eigenvalue weighted by molar-refractivity contribution is 5.84. The number of nitriles is 1. The van der Waals surface area contributed by atoms with Crippen molar-refractivity contribution in [2.24, 2.45) is 0 Å². The number of rotatable bonds is 2. The predicted molar refractivity (Wildman–Crippen MR) is 82.7 cm³/mol. The number of aromatic nitrogens is 1. The fourth-order valence-corrected chi connectivity index (χ4v) is 2.61. The number of hydrogen-bond donors (Lipinski definition) is 0. The minimum absolute atomic E-state index is 0.625. The van der Waals surface area contributed by atoms with Gasteiger partial charge in [-0.25, -0.2) is 4.98 Å². The van der Waals surface area contributed by atoms with Gasteiger partial charge in [0.25, 0.3) is 0 Å². The summed E-state index contributed by atoms with van der Waals surface area (Å²) in [7, 11) is 3.75. The van der Waals surface area contributed by atoms with Gasteiger partial charge in [-0.05, 0) is 31.3 Å². The van der Waals surface area contributed by atoms with Crippen molar-refractivity contribution in [3.63, 3.8) is 0 Å². The molecule has 1 aliphatic rings. The van der Waals surface area contributed by atoms with Crippen LogP contribution in [-0.2, 0) is 0 Å². The highest BCUT2D eigenvalue weighted by Crippen LogP contribution is 2.26. The van der Waals surface area contributed by atoms with E-state index in [0.29, 0.717) is 5.56 Å². The van der Waals surface area contributed by atoms with E-state index in [2.05, 4.69) is 22.9 Å². The number of anilines is 1. The third-order valence-corrected chi connectivity index (χ3v) is 3.93. The maximum absolute atomic E-state index is 9.43. The molecule has 0 aliphatic carbocycles. The molecule has 0 spiro atoms. The van der Waals surface area contributed by atoms with Crippen molar-refractivity contribution in [1.29, 1.82) is 5.26 Å². The third-order valence-electron chi connectivity index (χ3n) is 3.93. The monoisotopic (exact) mass is 282 g/mol. The number of fused-ring (bicyclic) bond motifs is 1. The number of hydrogen-bond acceptors (Lipinski definition) is 5. The van der Waals surface area contributed by atoms with Crippen LogP contribution < -0.4 is 9.64 Å². The van der Waals surface area contributed by atoms with Crippen molar-refractivity contribution in [2.75, 3.05) is 45.2 Å². The Morgan fingerprint density at radius 2 is 1.95 bits per heavy atom. The lowest BCUT2D eigenvalue weighted by molar-refractivity contribution is 0.312. The molecule has 1 aromatic carbocycles. The van der Waals surface area contributed by atoms with Gasteiger partial charge in [0.05, 0.1) is 18.2 Å². The Balaban J connectivity index is 2.04. The molecule has 0 unspecified atom stereocenters. The topological polar surface area (TPSA) is 52.4 Å². The molecule has 0 N–H and O–H groups in total. The Kier molecular flexibility index (Phi) is 3.63. The van der Waals surface area contributed by atoms with Crippen LogP contribution in [0.1, 0.15) is 5.56 Å². The molecule has 0 amide bonds. The van der Waals surface area contributed by atoms with Crippen molar-refractivity contribution in [3.05, 3.63) is 29.8 Å². The largest absolute Gasteiger partial charge is 0.497 e. The van der Waals surface area contributed by atoms with Gasteiger partial charge in [-0.15, -0.1) is 0 Å². The van der Waals surface area contributed by atoms with Gasteiger partial charge in [0.15, 0.2) is 0 Å². The third kappa shape index (κ3) is 2.63. The Labute approximate surface area is 124 Å². The van der Waals surface area contributed by atoms with Gasteiger partial charge in [-0.2, -0.15) is 5.26 Å². The molecule has 108 valence electrons. The van der Waals surface area contributed by atoms with E-state index in [1.165, 1.54) is 0 Å². The van der Waals surface area contributed by atoms with E-state index < -0.39 is 0 Å². The van der Waals surface area contributed by atoms with Crippen LogP contribution in [0.2, 0.25) is 0 Å². The molecule has 0 saturated carbocycles. The van der Waals surface area contributed by atoms with Crippen LogP contribution in [0.15, 0.2) is 24.3 Å². The molecule has 3 rings (SSSR count). The minimum atomic E-state index is 0.625. The summed E-state index contributed by atoms with van der Waals surface area (Å²) in [4.78, 5) is 9.18. The number of benzene rings is 1. The highest BCUT2D eigenvalue weighted by atomic mass is 16.5. The fraction of sp³-hybridized carbons (Fsp3) is 0.375. The number of pyridine rings is 1. The quantitative estimate of drug-likeness (QED) is 0.841. The van der Waals surface area contributed by atoms with Crippen molar-refractivity contribution < 1.29 is 4.74 Å². The molecule has 2 aromatic rings. The molecule has 1 fully saturated rings. The maximum atomic E-state index is 9.43. The zero-order valence-electron chi connectivity index (χ0n) is 12.3. The summed E-state index contributed by atoms with van der Waals surface area (Å²) in [5.41, 5.74) is 1.52. The van der Waals surface area contributed by atoms with Gasteiger partial charge in [0.2, 0.25) is 0 Å².